The zero-order chi connectivity index (χ0) is 12.0. The number of hydrogen-bond donors (Lipinski definition) is 0. The smallest absolute Gasteiger partial charge is 0.312 e. The number of unbranched alkanes of at least 4 members (excludes halogenated alkanes) is 3. The average Bonchev–Trinajstić information content (AvgIpc) is 2.28. The van der Waals surface area contributed by atoms with Gasteiger partial charge in [-0.05, 0) is 12.8 Å². The van der Waals surface area contributed by atoms with Crippen LogP contribution in [0.4, 0.5) is 0 Å². The standard InChI is InChI=1S/C11H17ClN2O2/c1-13-8-9-14(11(16)10(13)15)7-5-3-2-4-6-12/h8-9H,2-7H2,1H3. The molecule has 1 heterocycles. The Morgan fingerprint density at radius 1 is 1.06 bits per heavy atom. The minimum atomic E-state index is -0.469. The summed E-state index contributed by atoms with van der Waals surface area (Å²) in [4.78, 5) is 22.9. The summed E-state index contributed by atoms with van der Waals surface area (Å²) in [6.45, 7) is 0.608. The molecule has 0 bridgehead atoms. The van der Waals surface area contributed by atoms with Gasteiger partial charge in [0.05, 0.1) is 0 Å². The average molecular weight is 245 g/mol. The number of aromatic nitrogens is 2. The lowest BCUT2D eigenvalue weighted by atomic mass is 10.2. The molecule has 0 unspecified atom stereocenters. The maximum absolute atomic E-state index is 11.5. The number of hydrogen-bond acceptors (Lipinski definition) is 2. The van der Waals surface area contributed by atoms with Crippen molar-refractivity contribution in [2.24, 2.45) is 7.05 Å². The van der Waals surface area contributed by atoms with E-state index >= 15 is 0 Å². The Hall–Kier alpha value is -1.03. The molecule has 0 saturated carbocycles. The Morgan fingerprint density at radius 2 is 1.75 bits per heavy atom. The molecule has 0 aliphatic heterocycles. The summed E-state index contributed by atoms with van der Waals surface area (Å²) in [5.41, 5.74) is -0.911. The van der Waals surface area contributed by atoms with E-state index in [2.05, 4.69) is 0 Å². The van der Waals surface area contributed by atoms with E-state index in [0.29, 0.717) is 12.4 Å². The Bertz CT molecular complexity index is 436. The first-order chi connectivity index (χ1) is 7.66. The first-order valence-electron chi connectivity index (χ1n) is 5.49. The molecule has 1 rings (SSSR count). The molecular formula is C11H17ClN2O2. The number of nitrogens with zero attached hydrogens (tertiary/aromatic N) is 2. The Balaban J connectivity index is 2.52. The van der Waals surface area contributed by atoms with E-state index in [1.54, 1.807) is 19.4 Å². The van der Waals surface area contributed by atoms with Gasteiger partial charge in [0.15, 0.2) is 0 Å². The molecule has 1 aromatic heterocycles. The molecule has 0 amide bonds. The molecule has 0 aliphatic rings. The van der Waals surface area contributed by atoms with E-state index < -0.39 is 11.1 Å². The molecule has 0 N–H and O–H groups in total. The maximum Gasteiger partial charge on any atom is 0.316 e. The van der Waals surface area contributed by atoms with Gasteiger partial charge in [-0.15, -0.1) is 11.6 Å². The second kappa shape index (κ2) is 6.53. The molecule has 4 nitrogen and oxygen atoms in total. The van der Waals surface area contributed by atoms with Crippen LogP contribution in [0.25, 0.3) is 0 Å². The van der Waals surface area contributed by atoms with Gasteiger partial charge in [-0.2, -0.15) is 0 Å². The maximum atomic E-state index is 11.5. The summed E-state index contributed by atoms with van der Waals surface area (Å²) in [6, 6.07) is 0. The van der Waals surface area contributed by atoms with E-state index in [-0.39, 0.29) is 0 Å². The van der Waals surface area contributed by atoms with Crippen LogP contribution in [0.15, 0.2) is 22.0 Å². The molecule has 90 valence electrons. The largest absolute Gasteiger partial charge is 0.316 e. The quantitative estimate of drug-likeness (QED) is 0.431. The van der Waals surface area contributed by atoms with Crippen LogP contribution in [-0.4, -0.2) is 15.0 Å². The molecule has 1 aromatic rings. The Morgan fingerprint density at radius 3 is 2.44 bits per heavy atom. The van der Waals surface area contributed by atoms with Crippen LogP contribution in [0.2, 0.25) is 0 Å². The van der Waals surface area contributed by atoms with Crippen molar-refractivity contribution in [2.45, 2.75) is 32.2 Å². The van der Waals surface area contributed by atoms with Crippen molar-refractivity contribution < 1.29 is 0 Å². The molecule has 0 radical (unpaired) electrons. The van der Waals surface area contributed by atoms with Crippen LogP contribution in [0.5, 0.6) is 0 Å². The van der Waals surface area contributed by atoms with Crippen molar-refractivity contribution in [1.29, 1.82) is 0 Å². The van der Waals surface area contributed by atoms with E-state index in [4.69, 9.17) is 11.6 Å². The lowest BCUT2D eigenvalue weighted by molar-refractivity contribution is 0.559. The number of aryl methyl sites for hydroxylation is 2. The predicted molar refractivity (Wildman–Crippen MR) is 65.1 cm³/mol. The van der Waals surface area contributed by atoms with Gasteiger partial charge < -0.3 is 9.13 Å². The molecule has 16 heavy (non-hydrogen) atoms. The number of halogens is 1. The van der Waals surface area contributed by atoms with Gasteiger partial charge in [0.2, 0.25) is 0 Å². The third-order valence-electron chi connectivity index (χ3n) is 2.52. The highest BCUT2D eigenvalue weighted by atomic mass is 35.5. The fourth-order valence-electron chi connectivity index (χ4n) is 1.50. The molecule has 0 atom stereocenters. The van der Waals surface area contributed by atoms with Gasteiger partial charge in [0.25, 0.3) is 0 Å². The fourth-order valence-corrected chi connectivity index (χ4v) is 1.68. The summed E-state index contributed by atoms with van der Waals surface area (Å²) >= 11 is 5.56. The number of alkyl halides is 1. The van der Waals surface area contributed by atoms with E-state index in [0.717, 1.165) is 25.7 Å². The summed E-state index contributed by atoms with van der Waals surface area (Å²) in [7, 11) is 1.58. The molecule has 5 heteroatoms. The first-order valence-corrected chi connectivity index (χ1v) is 6.02. The van der Waals surface area contributed by atoms with Crippen LogP contribution < -0.4 is 11.1 Å². The van der Waals surface area contributed by atoms with Crippen LogP contribution in [0, 0.1) is 0 Å². The van der Waals surface area contributed by atoms with Crippen molar-refractivity contribution in [3.63, 3.8) is 0 Å². The Kier molecular flexibility index (Phi) is 5.32. The van der Waals surface area contributed by atoms with Gasteiger partial charge in [-0.3, -0.25) is 9.59 Å². The van der Waals surface area contributed by atoms with Crippen molar-refractivity contribution >= 4 is 11.6 Å². The zero-order valence-corrected chi connectivity index (χ0v) is 10.2. The van der Waals surface area contributed by atoms with E-state index in [9.17, 15) is 9.59 Å². The van der Waals surface area contributed by atoms with Crippen LogP contribution >= 0.6 is 11.6 Å². The molecule has 0 fully saturated rings. The summed E-state index contributed by atoms with van der Waals surface area (Å²) in [5.74, 6) is 0.686. The van der Waals surface area contributed by atoms with Crippen molar-refractivity contribution in [3.05, 3.63) is 33.1 Å². The highest BCUT2D eigenvalue weighted by molar-refractivity contribution is 6.17. The topological polar surface area (TPSA) is 44.0 Å². The normalized spacial score (nSPS) is 10.6. The second-order valence-electron chi connectivity index (χ2n) is 3.82. The number of rotatable bonds is 6. The van der Waals surface area contributed by atoms with Crippen LogP contribution in [0.3, 0.4) is 0 Å². The van der Waals surface area contributed by atoms with Crippen molar-refractivity contribution in [3.8, 4) is 0 Å². The highest BCUT2D eigenvalue weighted by Crippen LogP contribution is 2.01. The van der Waals surface area contributed by atoms with Crippen molar-refractivity contribution in [2.75, 3.05) is 5.88 Å². The molecule has 0 spiro atoms. The van der Waals surface area contributed by atoms with Gasteiger partial charge in [0, 0.05) is 31.9 Å². The molecule has 0 saturated heterocycles. The second-order valence-corrected chi connectivity index (χ2v) is 4.19. The van der Waals surface area contributed by atoms with Crippen molar-refractivity contribution in [1.82, 2.24) is 9.13 Å². The highest BCUT2D eigenvalue weighted by Gasteiger charge is 2.01. The molecule has 0 aliphatic carbocycles. The molecule has 0 aromatic carbocycles. The monoisotopic (exact) mass is 244 g/mol. The van der Waals surface area contributed by atoms with Crippen LogP contribution in [0.1, 0.15) is 25.7 Å². The van der Waals surface area contributed by atoms with E-state index in [1.807, 2.05) is 0 Å². The third kappa shape index (κ3) is 3.52. The lowest BCUT2D eigenvalue weighted by Crippen LogP contribution is -2.39. The predicted octanol–water partition coefficient (Wildman–Crippen LogP) is 1.35. The summed E-state index contributed by atoms with van der Waals surface area (Å²) in [5, 5.41) is 0. The van der Waals surface area contributed by atoms with Gasteiger partial charge >= 0.3 is 11.1 Å². The summed E-state index contributed by atoms with van der Waals surface area (Å²) in [6.07, 6.45) is 7.29. The minimum Gasteiger partial charge on any atom is -0.312 e. The fraction of sp³-hybridized carbons (Fsp3) is 0.636. The Labute approximate surface area is 99.5 Å². The summed E-state index contributed by atoms with van der Waals surface area (Å²) < 4.78 is 2.77. The van der Waals surface area contributed by atoms with Gasteiger partial charge in [0.1, 0.15) is 0 Å². The zero-order valence-electron chi connectivity index (χ0n) is 9.49. The third-order valence-corrected chi connectivity index (χ3v) is 2.78. The SMILES string of the molecule is Cn1ccn(CCCCCCCl)c(=O)c1=O. The minimum absolute atomic E-state index is 0.442. The van der Waals surface area contributed by atoms with Gasteiger partial charge in [-0.1, -0.05) is 12.8 Å². The molecular weight excluding hydrogens is 228 g/mol. The van der Waals surface area contributed by atoms with E-state index in [1.165, 1.54) is 9.13 Å². The van der Waals surface area contributed by atoms with Gasteiger partial charge in [-0.25, -0.2) is 0 Å². The lowest BCUT2D eigenvalue weighted by Gasteiger charge is -2.05. The van der Waals surface area contributed by atoms with Crippen LogP contribution in [-0.2, 0) is 13.6 Å². The first kappa shape index (κ1) is 13.0.